The van der Waals surface area contributed by atoms with E-state index in [2.05, 4.69) is 5.32 Å². The Morgan fingerprint density at radius 1 is 1.16 bits per heavy atom. The van der Waals surface area contributed by atoms with Crippen molar-refractivity contribution in [2.45, 2.75) is 6.54 Å². The first-order chi connectivity index (χ1) is 12.1. The van der Waals surface area contributed by atoms with Crippen LogP contribution in [-0.4, -0.2) is 24.0 Å². The number of para-hydroxylation sites is 1. The van der Waals surface area contributed by atoms with Crippen molar-refractivity contribution in [1.82, 2.24) is 5.32 Å². The second kappa shape index (κ2) is 7.48. The highest BCUT2D eigenvalue weighted by Gasteiger charge is 2.12. The molecule has 0 spiro atoms. The maximum Gasteiger partial charge on any atom is 0.276 e. The summed E-state index contributed by atoms with van der Waals surface area (Å²) in [7, 11) is 0. The third kappa shape index (κ3) is 4.14. The van der Waals surface area contributed by atoms with Crippen LogP contribution in [0.4, 0.5) is 5.69 Å². The van der Waals surface area contributed by atoms with Crippen LogP contribution >= 0.6 is 0 Å². The van der Waals surface area contributed by atoms with Crippen LogP contribution in [0.1, 0.15) is 11.1 Å². The Kier molecular flexibility index (Phi) is 4.94. The van der Waals surface area contributed by atoms with Gasteiger partial charge >= 0.3 is 0 Å². The highest BCUT2D eigenvalue weighted by Crippen LogP contribution is 2.30. The lowest BCUT2D eigenvalue weighted by Gasteiger charge is -2.18. The molecule has 2 aromatic rings. The van der Waals surface area contributed by atoms with Gasteiger partial charge in [-0.05, 0) is 29.8 Å². The number of nitrogens with one attached hydrogen (secondary N) is 1. The van der Waals surface area contributed by atoms with E-state index in [1.54, 1.807) is 24.3 Å². The van der Waals surface area contributed by atoms with Gasteiger partial charge in [0.1, 0.15) is 13.2 Å². The zero-order valence-corrected chi connectivity index (χ0v) is 13.3. The maximum atomic E-state index is 11.9. The molecule has 1 N–H and O–H groups in total. The predicted octanol–water partition coefficient (Wildman–Crippen LogP) is 2.70. The lowest BCUT2D eigenvalue weighted by atomic mass is 10.1. The number of hydrogen-bond acceptors (Lipinski definition) is 5. The molecule has 0 saturated heterocycles. The van der Waals surface area contributed by atoms with Crippen molar-refractivity contribution in [3.05, 3.63) is 69.8 Å². The lowest BCUT2D eigenvalue weighted by molar-refractivity contribution is -0.385. The summed E-state index contributed by atoms with van der Waals surface area (Å²) in [6, 6.07) is 11.7. The Labute approximate surface area is 144 Å². The van der Waals surface area contributed by atoms with Gasteiger partial charge in [-0.1, -0.05) is 18.2 Å². The van der Waals surface area contributed by atoms with Gasteiger partial charge in [0.15, 0.2) is 11.5 Å². The topological polar surface area (TPSA) is 90.7 Å². The highest BCUT2D eigenvalue weighted by molar-refractivity contribution is 5.92. The zero-order chi connectivity index (χ0) is 17.6. The number of carbonyl (C=O) groups is 1. The van der Waals surface area contributed by atoms with Crippen molar-refractivity contribution in [1.29, 1.82) is 0 Å². The van der Waals surface area contributed by atoms with Gasteiger partial charge in [0.2, 0.25) is 5.91 Å². The number of nitrogens with zero attached hydrogens (tertiary/aromatic N) is 1. The summed E-state index contributed by atoms with van der Waals surface area (Å²) in [5.41, 5.74) is 1.21. The third-order valence-corrected chi connectivity index (χ3v) is 3.62. The maximum absolute atomic E-state index is 11.9. The molecule has 1 heterocycles. The second-order valence-corrected chi connectivity index (χ2v) is 5.35. The van der Waals surface area contributed by atoms with Crippen LogP contribution in [0, 0.1) is 10.1 Å². The van der Waals surface area contributed by atoms with Crippen molar-refractivity contribution in [2.24, 2.45) is 0 Å². The van der Waals surface area contributed by atoms with Gasteiger partial charge in [-0.25, -0.2) is 0 Å². The largest absolute Gasteiger partial charge is 0.486 e. The van der Waals surface area contributed by atoms with Gasteiger partial charge < -0.3 is 14.8 Å². The normalized spacial score (nSPS) is 12.8. The Morgan fingerprint density at radius 2 is 1.92 bits per heavy atom. The molecule has 3 rings (SSSR count). The number of ether oxygens (including phenoxy) is 2. The van der Waals surface area contributed by atoms with Gasteiger partial charge in [-0.2, -0.15) is 0 Å². The number of nitro groups is 1. The molecular formula is C18H16N2O5. The van der Waals surface area contributed by atoms with E-state index in [-0.39, 0.29) is 11.6 Å². The predicted molar refractivity (Wildman–Crippen MR) is 91.4 cm³/mol. The van der Waals surface area contributed by atoms with E-state index >= 15 is 0 Å². The summed E-state index contributed by atoms with van der Waals surface area (Å²) in [5.74, 6) is 1.01. The molecule has 0 aromatic heterocycles. The number of fused-ring (bicyclic) bond motifs is 1. The molecule has 1 amide bonds. The Bertz CT molecular complexity index is 832. The summed E-state index contributed by atoms with van der Waals surface area (Å²) >= 11 is 0. The number of nitro benzene ring substituents is 1. The summed E-state index contributed by atoms with van der Waals surface area (Å²) in [5, 5.41) is 13.7. The summed E-state index contributed by atoms with van der Waals surface area (Å²) in [6.07, 6.45) is 2.71. The molecule has 0 fully saturated rings. The Morgan fingerprint density at radius 3 is 2.72 bits per heavy atom. The Hall–Kier alpha value is -3.35. The van der Waals surface area contributed by atoms with Crippen LogP contribution < -0.4 is 14.8 Å². The van der Waals surface area contributed by atoms with Gasteiger partial charge in [0.05, 0.1) is 10.5 Å². The monoisotopic (exact) mass is 340 g/mol. The van der Waals surface area contributed by atoms with Gasteiger partial charge in [0, 0.05) is 18.7 Å². The minimum Gasteiger partial charge on any atom is -0.486 e. The molecule has 0 atom stereocenters. The van der Waals surface area contributed by atoms with Crippen molar-refractivity contribution >= 4 is 17.7 Å². The SMILES string of the molecule is O=C(C=Cc1ccccc1[N+](=O)[O-])NCc1ccc2c(c1)OCCO2. The molecular weight excluding hydrogens is 324 g/mol. The van der Waals surface area contributed by atoms with E-state index in [9.17, 15) is 14.9 Å². The molecule has 0 unspecified atom stereocenters. The molecule has 7 heteroatoms. The molecule has 25 heavy (non-hydrogen) atoms. The van der Waals surface area contributed by atoms with Crippen LogP contribution in [0.25, 0.3) is 6.08 Å². The van der Waals surface area contributed by atoms with E-state index in [0.717, 1.165) is 5.56 Å². The minimum atomic E-state index is -0.479. The van der Waals surface area contributed by atoms with E-state index in [4.69, 9.17) is 9.47 Å². The fraction of sp³-hybridized carbons (Fsp3) is 0.167. The molecule has 1 aliphatic rings. The number of amides is 1. The van der Waals surface area contributed by atoms with Crippen LogP contribution in [-0.2, 0) is 11.3 Å². The minimum absolute atomic E-state index is 0.0432. The van der Waals surface area contributed by atoms with Crippen LogP contribution in [0.15, 0.2) is 48.5 Å². The first-order valence-corrected chi connectivity index (χ1v) is 7.71. The standard InChI is InChI=1S/C18H16N2O5/c21-18(8-6-14-3-1-2-4-15(14)20(22)23)19-12-13-5-7-16-17(11-13)25-10-9-24-16/h1-8,11H,9-10,12H2,(H,19,21). The molecule has 0 radical (unpaired) electrons. The molecule has 0 aliphatic carbocycles. The van der Waals surface area contributed by atoms with Crippen LogP contribution in [0.5, 0.6) is 11.5 Å². The van der Waals surface area contributed by atoms with Crippen molar-refractivity contribution in [3.8, 4) is 11.5 Å². The van der Waals surface area contributed by atoms with Crippen LogP contribution in [0.2, 0.25) is 0 Å². The number of benzene rings is 2. The quantitative estimate of drug-likeness (QED) is 0.513. The van der Waals surface area contributed by atoms with Crippen molar-refractivity contribution in [2.75, 3.05) is 13.2 Å². The summed E-state index contributed by atoms with van der Waals surface area (Å²) in [6.45, 7) is 1.34. The molecule has 2 aromatic carbocycles. The van der Waals surface area contributed by atoms with E-state index in [1.165, 1.54) is 18.2 Å². The van der Waals surface area contributed by atoms with Crippen molar-refractivity contribution in [3.63, 3.8) is 0 Å². The number of hydrogen-bond donors (Lipinski definition) is 1. The van der Waals surface area contributed by atoms with Crippen LogP contribution in [0.3, 0.4) is 0 Å². The lowest BCUT2D eigenvalue weighted by Crippen LogP contribution is -2.21. The first-order valence-electron chi connectivity index (χ1n) is 7.71. The average Bonchev–Trinajstić information content (AvgIpc) is 2.64. The van der Waals surface area contributed by atoms with E-state index in [1.807, 2.05) is 12.1 Å². The number of rotatable bonds is 5. The second-order valence-electron chi connectivity index (χ2n) is 5.35. The highest BCUT2D eigenvalue weighted by atomic mass is 16.6. The molecule has 0 bridgehead atoms. The van der Waals surface area contributed by atoms with Crippen molar-refractivity contribution < 1.29 is 19.2 Å². The Balaban J connectivity index is 1.61. The van der Waals surface area contributed by atoms with Gasteiger partial charge in [-0.3, -0.25) is 14.9 Å². The summed E-state index contributed by atoms with van der Waals surface area (Å²) in [4.78, 5) is 22.4. The van der Waals surface area contributed by atoms with Gasteiger partial charge in [-0.15, -0.1) is 0 Å². The summed E-state index contributed by atoms with van der Waals surface area (Å²) < 4.78 is 10.9. The van der Waals surface area contributed by atoms with E-state index < -0.39 is 4.92 Å². The molecule has 128 valence electrons. The van der Waals surface area contributed by atoms with E-state index in [0.29, 0.717) is 36.8 Å². The molecule has 7 nitrogen and oxygen atoms in total. The van der Waals surface area contributed by atoms with Gasteiger partial charge in [0.25, 0.3) is 5.69 Å². The smallest absolute Gasteiger partial charge is 0.276 e. The zero-order valence-electron chi connectivity index (χ0n) is 13.3. The molecule has 1 aliphatic heterocycles. The first kappa shape index (κ1) is 16.5. The average molecular weight is 340 g/mol. The fourth-order valence-electron chi connectivity index (χ4n) is 2.41. The third-order valence-electron chi connectivity index (χ3n) is 3.62. The fourth-order valence-corrected chi connectivity index (χ4v) is 2.41. The molecule has 0 saturated carbocycles. The number of carbonyl (C=O) groups excluding carboxylic acids is 1.